The number of phenols is 1. The van der Waals surface area contributed by atoms with E-state index >= 15 is 4.39 Å². The molecular formula is C35H35F2N5O4S. The lowest BCUT2D eigenvalue weighted by Crippen LogP contribution is -2.58. The molecule has 0 amide bonds. The monoisotopic (exact) mass is 659 g/mol. The van der Waals surface area contributed by atoms with E-state index in [-0.39, 0.29) is 62.9 Å². The largest absolute Gasteiger partial charge is 0.508 e. The first-order chi connectivity index (χ1) is 22.6. The molecule has 2 N–H and O–H groups in total. The zero-order chi connectivity index (χ0) is 32.7. The number of piperidine rings is 1. The second kappa shape index (κ2) is 11.1. The van der Waals surface area contributed by atoms with Crippen LogP contribution >= 0.6 is 11.8 Å². The van der Waals surface area contributed by atoms with Crippen molar-refractivity contribution in [3.63, 3.8) is 0 Å². The first-order valence-corrected chi connectivity index (χ1v) is 17.3. The summed E-state index contributed by atoms with van der Waals surface area (Å²) in [5, 5.41) is 23.5. The highest BCUT2D eigenvalue weighted by molar-refractivity contribution is 7.99. The van der Waals surface area contributed by atoms with Gasteiger partial charge in [0, 0.05) is 29.3 Å². The molecule has 6 heterocycles. The number of halogens is 2. The van der Waals surface area contributed by atoms with Crippen molar-refractivity contribution in [1.82, 2.24) is 19.9 Å². The van der Waals surface area contributed by atoms with E-state index in [2.05, 4.69) is 27.0 Å². The molecule has 0 aliphatic carbocycles. The van der Waals surface area contributed by atoms with Crippen LogP contribution in [0.25, 0.3) is 32.9 Å². The molecule has 12 heteroatoms. The lowest BCUT2D eigenvalue weighted by molar-refractivity contribution is -0.00713. The highest BCUT2D eigenvalue weighted by Crippen LogP contribution is 2.46. The number of hydrogen-bond acceptors (Lipinski definition) is 10. The molecule has 0 spiro atoms. The molecule has 244 valence electrons. The van der Waals surface area contributed by atoms with Crippen LogP contribution < -0.4 is 14.4 Å². The molecule has 8 rings (SSSR count). The number of phenolic OH excluding ortho intramolecular Hbond substituents is 1. The molecule has 47 heavy (non-hydrogen) atoms. The Morgan fingerprint density at radius 2 is 1.98 bits per heavy atom. The molecule has 4 aliphatic rings. The number of benzene rings is 2. The van der Waals surface area contributed by atoms with E-state index in [0.29, 0.717) is 42.4 Å². The van der Waals surface area contributed by atoms with Crippen molar-refractivity contribution >= 4 is 39.3 Å². The molecule has 4 aliphatic heterocycles. The zero-order valence-electron chi connectivity index (χ0n) is 26.2. The standard InChI is InChI=1S/C35H35F2N5O4S/c1-4-22-24(36)8-7-19-13-20(43)14-23(26(19)22)29-28(37)30-27-31(42-12-5-9-34(2,44)25(42)17-45-32(27)38-29)40-33(39-30)46-18-35-10-6-11-41(35)16-21(15-35)47-3/h1,7-8,13-14,21,25,43-44H,5-6,9-12,15-18H2,2-3H3/t21?,25-,34-,35+/m1/s1. The summed E-state index contributed by atoms with van der Waals surface area (Å²) in [5.41, 5.74) is -1.52. The van der Waals surface area contributed by atoms with Gasteiger partial charge in [-0.05, 0) is 75.4 Å². The van der Waals surface area contributed by atoms with Crippen LogP contribution in [0, 0.1) is 24.0 Å². The van der Waals surface area contributed by atoms with Gasteiger partial charge in [0.25, 0.3) is 0 Å². The Hall–Kier alpha value is -3.92. The highest BCUT2D eigenvalue weighted by atomic mass is 32.2. The van der Waals surface area contributed by atoms with Gasteiger partial charge in [0.15, 0.2) is 5.82 Å². The Kier molecular flexibility index (Phi) is 7.17. The average Bonchev–Trinajstić information content (AvgIpc) is 3.55. The van der Waals surface area contributed by atoms with Gasteiger partial charge in [-0.15, -0.1) is 6.42 Å². The van der Waals surface area contributed by atoms with Crippen molar-refractivity contribution < 1.29 is 28.5 Å². The number of rotatable bonds is 5. The Labute approximate surface area is 275 Å². The molecular weight excluding hydrogens is 624 g/mol. The molecule has 2 aromatic heterocycles. The number of pyridine rings is 1. The fraction of sp³-hybridized carbons (Fsp3) is 0.457. The van der Waals surface area contributed by atoms with E-state index in [1.807, 2.05) is 16.7 Å². The molecule has 0 radical (unpaired) electrons. The van der Waals surface area contributed by atoms with Crippen LogP contribution in [0.4, 0.5) is 14.6 Å². The summed E-state index contributed by atoms with van der Waals surface area (Å²) in [6, 6.07) is 4.96. The SMILES string of the molecule is C#Cc1c(F)ccc2cc(O)cc(-c3nc4c5c(nc(OC[C@@]67CCCN6CC(SC)C7)nc5c3F)N3CCC[C@@](C)(O)[C@H]3CO4)c12. The molecule has 3 fully saturated rings. The highest BCUT2D eigenvalue weighted by Gasteiger charge is 2.49. The van der Waals surface area contributed by atoms with Crippen molar-refractivity contribution in [2.45, 2.75) is 61.5 Å². The molecule has 0 saturated carbocycles. The van der Waals surface area contributed by atoms with Crippen molar-refractivity contribution in [3.8, 4) is 41.2 Å². The molecule has 4 aromatic rings. The van der Waals surface area contributed by atoms with Crippen LogP contribution in [0.2, 0.25) is 0 Å². The maximum absolute atomic E-state index is 17.0. The second-order valence-corrected chi connectivity index (χ2v) is 14.5. The molecule has 3 saturated heterocycles. The number of anilines is 1. The molecule has 1 unspecified atom stereocenters. The van der Waals surface area contributed by atoms with Crippen LogP contribution in [0.3, 0.4) is 0 Å². The maximum Gasteiger partial charge on any atom is 0.319 e. The summed E-state index contributed by atoms with van der Waals surface area (Å²) >= 11 is 1.86. The average molecular weight is 660 g/mol. The van der Waals surface area contributed by atoms with Crippen molar-refractivity contribution in [2.24, 2.45) is 0 Å². The molecule has 0 bridgehead atoms. The minimum Gasteiger partial charge on any atom is -0.508 e. The Morgan fingerprint density at radius 3 is 2.79 bits per heavy atom. The summed E-state index contributed by atoms with van der Waals surface area (Å²) in [6.45, 7) is 4.77. The normalized spacial score (nSPS) is 26.9. The van der Waals surface area contributed by atoms with Crippen molar-refractivity contribution in [1.29, 1.82) is 0 Å². The fourth-order valence-electron chi connectivity index (χ4n) is 8.18. The van der Waals surface area contributed by atoms with E-state index in [9.17, 15) is 14.6 Å². The molecule has 9 nitrogen and oxygen atoms in total. The number of aliphatic hydroxyl groups is 1. The molecule has 4 atom stereocenters. The number of fused-ring (bicyclic) bond motifs is 4. The van der Waals surface area contributed by atoms with Crippen LogP contribution in [0.1, 0.15) is 44.6 Å². The lowest BCUT2D eigenvalue weighted by atomic mass is 9.86. The second-order valence-electron chi connectivity index (χ2n) is 13.4. The summed E-state index contributed by atoms with van der Waals surface area (Å²) < 4.78 is 44.7. The third kappa shape index (κ3) is 4.77. The summed E-state index contributed by atoms with van der Waals surface area (Å²) in [6.07, 6.45) is 12.2. The summed E-state index contributed by atoms with van der Waals surface area (Å²) in [4.78, 5) is 18.6. The van der Waals surface area contributed by atoms with Gasteiger partial charge in [-0.1, -0.05) is 12.0 Å². The van der Waals surface area contributed by atoms with Gasteiger partial charge >= 0.3 is 6.01 Å². The summed E-state index contributed by atoms with van der Waals surface area (Å²) in [5.74, 6) is 1.19. The minimum atomic E-state index is -1.11. The predicted octanol–water partition coefficient (Wildman–Crippen LogP) is 5.27. The Balaban J connectivity index is 1.33. The third-order valence-corrected chi connectivity index (χ3v) is 11.5. The van der Waals surface area contributed by atoms with Crippen LogP contribution in [0.5, 0.6) is 17.6 Å². The number of aromatic hydroxyl groups is 1. The predicted molar refractivity (Wildman–Crippen MR) is 177 cm³/mol. The number of thioether (sulfide) groups is 1. The van der Waals surface area contributed by atoms with Crippen molar-refractivity contribution in [3.05, 3.63) is 41.5 Å². The van der Waals surface area contributed by atoms with Crippen molar-refractivity contribution in [2.75, 3.05) is 44.0 Å². The van der Waals surface area contributed by atoms with Gasteiger partial charge < -0.3 is 24.6 Å². The maximum atomic E-state index is 17.0. The smallest absolute Gasteiger partial charge is 0.319 e. The van der Waals surface area contributed by atoms with Gasteiger partial charge in [0.1, 0.15) is 47.2 Å². The van der Waals surface area contributed by atoms with Gasteiger partial charge in [-0.25, -0.2) is 13.8 Å². The van der Waals surface area contributed by atoms with E-state index < -0.39 is 23.3 Å². The number of aromatic nitrogens is 3. The Morgan fingerprint density at radius 1 is 1.15 bits per heavy atom. The van der Waals surface area contributed by atoms with Gasteiger partial charge in [-0.2, -0.15) is 21.7 Å². The first kappa shape index (κ1) is 30.4. The first-order valence-electron chi connectivity index (χ1n) is 16.0. The van der Waals surface area contributed by atoms with Crippen LogP contribution in [0.15, 0.2) is 24.3 Å². The number of terminal acetylenes is 1. The van der Waals surface area contributed by atoms with E-state index in [1.54, 1.807) is 6.92 Å². The van der Waals surface area contributed by atoms with Gasteiger partial charge in [0.2, 0.25) is 5.88 Å². The fourth-order valence-corrected chi connectivity index (χ4v) is 8.99. The molecule has 2 aromatic carbocycles. The van der Waals surface area contributed by atoms with Gasteiger partial charge in [0.05, 0.1) is 22.7 Å². The van der Waals surface area contributed by atoms with E-state index in [1.165, 1.54) is 24.3 Å². The lowest BCUT2D eigenvalue weighted by Gasteiger charge is -2.44. The van der Waals surface area contributed by atoms with Crippen LogP contribution in [-0.2, 0) is 0 Å². The minimum absolute atomic E-state index is 0.0188. The summed E-state index contributed by atoms with van der Waals surface area (Å²) in [7, 11) is 0. The number of ether oxygens (including phenoxy) is 2. The third-order valence-electron chi connectivity index (χ3n) is 10.6. The van der Waals surface area contributed by atoms with E-state index in [0.717, 1.165) is 32.4 Å². The topological polar surface area (TPSA) is 104 Å². The quantitative estimate of drug-likeness (QED) is 0.276. The van der Waals surface area contributed by atoms with Crippen LogP contribution in [-0.4, -0.2) is 91.6 Å². The van der Waals surface area contributed by atoms with E-state index in [4.69, 9.17) is 20.9 Å². The number of nitrogens with zero attached hydrogens (tertiary/aromatic N) is 5. The Bertz CT molecular complexity index is 1990. The number of hydrogen-bond donors (Lipinski definition) is 2. The zero-order valence-corrected chi connectivity index (χ0v) is 27.0. The van der Waals surface area contributed by atoms with Gasteiger partial charge in [-0.3, -0.25) is 4.90 Å².